The lowest BCUT2D eigenvalue weighted by molar-refractivity contribution is -0.122. The van der Waals surface area contributed by atoms with E-state index in [4.69, 9.17) is 4.74 Å². The molecule has 1 aromatic carbocycles. The normalized spacial score (nSPS) is 24.6. The molecule has 1 saturated carbocycles. The number of urea groups is 1. The van der Waals surface area contributed by atoms with E-state index >= 15 is 0 Å². The number of Topliss-reactive ketones (excluding diaryl/α,β-unsaturated/α-hetero) is 1. The second kappa shape index (κ2) is 6.50. The van der Waals surface area contributed by atoms with Gasteiger partial charge in [0.05, 0.1) is 12.6 Å². The maximum absolute atomic E-state index is 12.3. The summed E-state index contributed by atoms with van der Waals surface area (Å²) in [5, 5.41) is 2.41. The number of rotatable bonds is 2. The number of nitrogens with zero attached hydrogens (tertiary/aromatic N) is 1. The Morgan fingerprint density at radius 2 is 1.76 bits per heavy atom. The molecule has 1 N–H and O–H groups in total. The lowest BCUT2D eigenvalue weighted by Crippen LogP contribution is -2.51. The SMILES string of the molecule is O=C1CCC(c2cccc3c2OCCC3N2CCC(=O)NC2=O)CC1. The number of hydrogen-bond acceptors (Lipinski definition) is 4. The van der Waals surface area contributed by atoms with Crippen LogP contribution >= 0.6 is 0 Å². The average molecular weight is 342 g/mol. The van der Waals surface area contributed by atoms with Crippen molar-refractivity contribution < 1.29 is 19.1 Å². The fraction of sp³-hybridized carbons (Fsp3) is 0.526. The van der Waals surface area contributed by atoms with Crippen LogP contribution in [0.15, 0.2) is 18.2 Å². The molecule has 4 rings (SSSR count). The smallest absolute Gasteiger partial charge is 0.324 e. The first-order valence-electron chi connectivity index (χ1n) is 9.01. The molecule has 2 fully saturated rings. The van der Waals surface area contributed by atoms with Crippen molar-refractivity contribution in [3.63, 3.8) is 0 Å². The van der Waals surface area contributed by atoms with E-state index in [9.17, 15) is 14.4 Å². The van der Waals surface area contributed by atoms with Crippen LogP contribution in [0.25, 0.3) is 0 Å². The van der Waals surface area contributed by atoms with Crippen molar-refractivity contribution in [1.29, 1.82) is 0 Å². The number of para-hydroxylation sites is 1. The third-order valence-corrected chi connectivity index (χ3v) is 5.52. The van der Waals surface area contributed by atoms with Crippen LogP contribution in [0.4, 0.5) is 4.79 Å². The van der Waals surface area contributed by atoms with Crippen LogP contribution in [0.2, 0.25) is 0 Å². The van der Waals surface area contributed by atoms with Crippen molar-refractivity contribution >= 4 is 17.7 Å². The monoisotopic (exact) mass is 342 g/mol. The van der Waals surface area contributed by atoms with Gasteiger partial charge < -0.3 is 9.64 Å². The zero-order valence-electron chi connectivity index (χ0n) is 14.1. The topological polar surface area (TPSA) is 75.7 Å². The predicted molar refractivity (Wildman–Crippen MR) is 90.4 cm³/mol. The molecule has 1 saturated heterocycles. The van der Waals surface area contributed by atoms with Gasteiger partial charge >= 0.3 is 6.03 Å². The van der Waals surface area contributed by atoms with Crippen LogP contribution in [0.3, 0.4) is 0 Å². The highest BCUT2D eigenvalue weighted by molar-refractivity contribution is 5.96. The zero-order chi connectivity index (χ0) is 17.4. The highest BCUT2D eigenvalue weighted by atomic mass is 16.5. The van der Waals surface area contributed by atoms with Gasteiger partial charge in [0, 0.05) is 37.8 Å². The van der Waals surface area contributed by atoms with Crippen LogP contribution in [0.1, 0.15) is 61.6 Å². The van der Waals surface area contributed by atoms with Crippen LogP contribution in [0, 0.1) is 0 Å². The van der Waals surface area contributed by atoms with Crippen molar-refractivity contribution in [2.45, 2.75) is 50.5 Å². The first-order chi connectivity index (χ1) is 12.1. The van der Waals surface area contributed by atoms with Crippen LogP contribution in [-0.2, 0) is 9.59 Å². The number of ether oxygens (including phenoxy) is 1. The van der Waals surface area contributed by atoms with Gasteiger partial charge in [-0.1, -0.05) is 18.2 Å². The summed E-state index contributed by atoms with van der Waals surface area (Å²) >= 11 is 0. The van der Waals surface area contributed by atoms with Crippen molar-refractivity contribution in [1.82, 2.24) is 10.2 Å². The summed E-state index contributed by atoms with van der Waals surface area (Å²) in [6, 6.07) is 5.73. The van der Waals surface area contributed by atoms with Crippen molar-refractivity contribution in [3.05, 3.63) is 29.3 Å². The van der Waals surface area contributed by atoms with Gasteiger partial charge in [-0.15, -0.1) is 0 Å². The van der Waals surface area contributed by atoms with E-state index in [0.29, 0.717) is 44.1 Å². The minimum absolute atomic E-state index is 0.0676. The fourth-order valence-electron chi connectivity index (χ4n) is 4.20. The first-order valence-corrected chi connectivity index (χ1v) is 9.01. The fourth-order valence-corrected chi connectivity index (χ4v) is 4.20. The summed E-state index contributed by atoms with van der Waals surface area (Å²) in [6.07, 6.45) is 4.05. The second-order valence-corrected chi connectivity index (χ2v) is 7.03. The van der Waals surface area contributed by atoms with E-state index in [2.05, 4.69) is 11.4 Å². The highest BCUT2D eigenvalue weighted by Gasteiger charge is 2.35. The van der Waals surface area contributed by atoms with E-state index in [1.54, 1.807) is 4.90 Å². The minimum Gasteiger partial charge on any atom is -0.493 e. The van der Waals surface area contributed by atoms with E-state index in [1.807, 2.05) is 12.1 Å². The van der Waals surface area contributed by atoms with E-state index < -0.39 is 0 Å². The van der Waals surface area contributed by atoms with E-state index in [1.165, 1.54) is 0 Å². The van der Waals surface area contributed by atoms with Crippen LogP contribution in [-0.4, -0.2) is 35.8 Å². The number of ketones is 1. The Morgan fingerprint density at radius 3 is 2.52 bits per heavy atom. The van der Waals surface area contributed by atoms with Gasteiger partial charge in [0.1, 0.15) is 11.5 Å². The Morgan fingerprint density at radius 1 is 1.00 bits per heavy atom. The molecule has 0 aromatic heterocycles. The van der Waals surface area contributed by atoms with Gasteiger partial charge in [0.25, 0.3) is 0 Å². The largest absolute Gasteiger partial charge is 0.493 e. The molecule has 1 aliphatic carbocycles. The molecule has 0 spiro atoms. The third-order valence-electron chi connectivity index (χ3n) is 5.52. The summed E-state index contributed by atoms with van der Waals surface area (Å²) in [5.41, 5.74) is 2.17. The van der Waals surface area contributed by atoms with Crippen molar-refractivity contribution in [2.24, 2.45) is 0 Å². The molecular weight excluding hydrogens is 320 g/mol. The maximum atomic E-state index is 12.3. The lowest BCUT2D eigenvalue weighted by Gasteiger charge is -2.38. The molecule has 3 aliphatic rings. The summed E-state index contributed by atoms with van der Waals surface area (Å²) in [4.78, 5) is 37.0. The molecule has 3 amide bonds. The van der Waals surface area contributed by atoms with Gasteiger partial charge in [0.2, 0.25) is 5.91 Å². The summed E-state index contributed by atoms with van der Waals surface area (Å²) in [7, 11) is 0. The first kappa shape index (κ1) is 16.1. The molecule has 6 heteroatoms. The molecule has 0 bridgehead atoms. The number of hydrogen-bond donors (Lipinski definition) is 1. The molecule has 25 heavy (non-hydrogen) atoms. The molecular formula is C19H22N2O4. The number of amides is 3. The number of carbonyl (C=O) groups excluding carboxylic acids is 3. The molecule has 2 aliphatic heterocycles. The summed E-state index contributed by atoms with van der Waals surface area (Å²) < 4.78 is 6.00. The summed E-state index contributed by atoms with van der Waals surface area (Å²) in [5.74, 6) is 1.34. The standard InChI is InChI=1S/C19H22N2O4/c22-13-6-4-12(5-7-13)14-2-1-3-15-16(9-11-25-18(14)15)21-10-8-17(23)20-19(21)24/h1-3,12,16H,4-11H2,(H,20,23,24). The number of fused-ring (bicyclic) bond motifs is 1. The van der Waals surface area contributed by atoms with Crippen LogP contribution < -0.4 is 10.1 Å². The Hall–Kier alpha value is -2.37. The molecule has 132 valence electrons. The Labute approximate surface area is 146 Å². The van der Waals surface area contributed by atoms with Crippen LogP contribution in [0.5, 0.6) is 5.75 Å². The Bertz CT molecular complexity index is 720. The average Bonchev–Trinajstić information content (AvgIpc) is 2.62. The Balaban J connectivity index is 1.64. The van der Waals surface area contributed by atoms with E-state index in [-0.39, 0.29) is 18.0 Å². The molecule has 0 radical (unpaired) electrons. The van der Waals surface area contributed by atoms with Gasteiger partial charge in [-0.3, -0.25) is 14.9 Å². The summed E-state index contributed by atoms with van der Waals surface area (Å²) in [6.45, 7) is 0.995. The number of nitrogens with one attached hydrogen (secondary N) is 1. The maximum Gasteiger partial charge on any atom is 0.324 e. The Kier molecular flexibility index (Phi) is 4.19. The zero-order valence-corrected chi connectivity index (χ0v) is 14.1. The number of benzene rings is 1. The molecule has 1 aromatic rings. The van der Waals surface area contributed by atoms with Gasteiger partial charge in [0.15, 0.2) is 0 Å². The molecule has 1 atom stereocenters. The van der Waals surface area contributed by atoms with Gasteiger partial charge in [-0.2, -0.15) is 0 Å². The predicted octanol–water partition coefficient (Wildman–Crippen LogP) is 2.68. The quantitative estimate of drug-likeness (QED) is 0.896. The van der Waals surface area contributed by atoms with Gasteiger partial charge in [-0.05, 0) is 24.3 Å². The van der Waals surface area contributed by atoms with Gasteiger partial charge in [-0.25, -0.2) is 4.79 Å². The second-order valence-electron chi connectivity index (χ2n) is 7.03. The highest BCUT2D eigenvalue weighted by Crippen LogP contribution is 2.44. The lowest BCUT2D eigenvalue weighted by atomic mass is 9.81. The molecule has 6 nitrogen and oxygen atoms in total. The number of imide groups is 1. The third kappa shape index (κ3) is 3.01. The number of carbonyl (C=O) groups is 3. The minimum atomic E-state index is -0.317. The molecule has 2 heterocycles. The molecule has 1 unspecified atom stereocenters. The van der Waals surface area contributed by atoms with Crippen molar-refractivity contribution in [2.75, 3.05) is 13.2 Å². The van der Waals surface area contributed by atoms with Crippen molar-refractivity contribution in [3.8, 4) is 5.75 Å². The van der Waals surface area contributed by atoms with E-state index in [0.717, 1.165) is 36.1 Å².